The molecule has 1 saturated heterocycles. The number of amides is 2. The molecule has 2 aliphatic rings. The Morgan fingerprint density at radius 2 is 1.86 bits per heavy atom. The Morgan fingerprint density at radius 3 is 2.61 bits per heavy atom. The average Bonchev–Trinajstić information content (AvgIpc) is 3.12. The van der Waals surface area contributed by atoms with Gasteiger partial charge >= 0.3 is 0 Å². The largest absolute Gasteiger partial charge is 0.296 e. The van der Waals surface area contributed by atoms with E-state index in [1.165, 1.54) is 16.4 Å². The molecule has 2 aromatic carbocycles. The Bertz CT molecular complexity index is 1130. The monoisotopic (exact) mass is 395 g/mol. The number of sulfonamides is 1. The molecular weight excluding hydrogens is 378 g/mol. The van der Waals surface area contributed by atoms with Gasteiger partial charge in [0, 0.05) is 19.5 Å². The first-order valence-electron chi connectivity index (χ1n) is 8.84. The van der Waals surface area contributed by atoms with Crippen LogP contribution < -0.4 is 5.32 Å². The number of nitriles is 1. The van der Waals surface area contributed by atoms with Crippen LogP contribution in [0.3, 0.4) is 0 Å². The zero-order valence-corrected chi connectivity index (χ0v) is 15.7. The van der Waals surface area contributed by atoms with Gasteiger partial charge in [0.15, 0.2) is 0 Å². The molecule has 0 radical (unpaired) electrons. The topological polar surface area (TPSA) is 107 Å². The molecule has 7 nitrogen and oxygen atoms in total. The minimum atomic E-state index is -3.74. The van der Waals surface area contributed by atoms with Crippen molar-refractivity contribution in [2.75, 3.05) is 0 Å². The second kappa shape index (κ2) is 6.86. The number of nitrogens with one attached hydrogen (secondary N) is 1. The number of hydrogen-bond donors (Lipinski definition) is 1. The molecule has 1 unspecified atom stereocenters. The fourth-order valence-electron chi connectivity index (χ4n) is 3.66. The van der Waals surface area contributed by atoms with Gasteiger partial charge in [0.1, 0.15) is 0 Å². The molecular formula is C20H17N3O4S. The van der Waals surface area contributed by atoms with Crippen LogP contribution in [0, 0.1) is 11.3 Å². The fourth-order valence-corrected chi connectivity index (χ4v) is 5.10. The SMILES string of the molecule is N#Cc1cccc(S(=O)(=O)N2Cc3ccc(C4CCC(=O)NC4=O)cc3C2)c1. The fraction of sp³-hybridized carbons (Fsp3) is 0.250. The molecule has 1 fully saturated rings. The van der Waals surface area contributed by atoms with E-state index < -0.39 is 15.9 Å². The van der Waals surface area contributed by atoms with Crippen molar-refractivity contribution >= 4 is 21.8 Å². The molecule has 2 aliphatic heterocycles. The summed E-state index contributed by atoms with van der Waals surface area (Å²) < 4.78 is 27.3. The summed E-state index contributed by atoms with van der Waals surface area (Å²) in [7, 11) is -3.74. The molecule has 8 heteroatoms. The van der Waals surface area contributed by atoms with Crippen molar-refractivity contribution in [3.05, 3.63) is 64.7 Å². The van der Waals surface area contributed by atoms with Crippen LogP contribution in [0.2, 0.25) is 0 Å². The Hall–Kier alpha value is -3.02. The van der Waals surface area contributed by atoms with Gasteiger partial charge in [-0.1, -0.05) is 24.3 Å². The minimum Gasteiger partial charge on any atom is -0.296 e. The van der Waals surface area contributed by atoms with E-state index in [2.05, 4.69) is 5.32 Å². The van der Waals surface area contributed by atoms with Crippen LogP contribution >= 0.6 is 0 Å². The van der Waals surface area contributed by atoms with Gasteiger partial charge in [-0.05, 0) is 41.3 Å². The highest BCUT2D eigenvalue weighted by Gasteiger charge is 2.33. The molecule has 2 heterocycles. The van der Waals surface area contributed by atoms with E-state index in [-0.39, 0.29) is 35.4 Å². The van der Waals surface area contributed by atoms with E-state index in [1.54, 1.807) is 12.1 Å². The smallest absolute Gasteiger partial charge is 0.243 e. The van der Waals surface area contributed by atoms with Gasteiger partial charge in [0.2, 0.25) is 21.8 Å². The highest BCUT2D eigenvalue weighted by atomic mass is 32.2. The molecule has 0 saturated carbocycles. The summed E-state index contributed by atoms with van der Waals surface area (Å²) in [5.41, 5.74) is 2.81. The summed E-state index contributed by atoms with van der Waals surface area (Å²) in [6.45, 7) is 0.444. The standard InChI is InChI=1S/C20H17N3O4S/c21-10-13-2-1-3-17(8-13)28(26,27)23-11-15-5-4-14(9-16(15)12-23)18-6-7-19(24)22-20(18)25/h1-5,8-9,18H,6-7,11-12H2,(H,22,24,25). The second-order valence-corrected chi connectivity index (χ2v) is 8.88. The first-order valence-corrected chi connectivity index (χ1v) is 10.3. The molecule has 0 aromatic heterocycles. The minimum absolute atomic E-state index is 0.0877. The third-order valence-electron chi connectivity index (χ3n) is 5.17. The Morgan fingerprint density at radius 1 is 1.07 bits per heavy atom. The maximum Gasteiger partial charge on any atom is 0.243 e. The van der Waals surface area contributed by atoms with Crippen molar-refractivity contribution in [2.45, 2.75) is 36.7 Å². The number of nitrogens with zero attached hydrogens (tertiary/aromatic N) is 2. The van der Waals surface area contributed by atoms with E-state index in [0.717, 1.165) is 16.7 Å². The summed E-state index contributed by atoms with van der Waals surface area (Å²) in [5, 5.41) is 11.4. The molecule has 2 aromatic rings. The first kappa shape index (κ1) is 18.3. The molecule has 0 bridgehead atoms. The molecule has 1 atom stereocenters. The number of piperidine rings is 1. The first-order chi connectivity index (χ1) is 13.4. The lowest BCUT2D eigenvalue weighted by molar-refractivity contribution is -0.134. The van der Waals surface area contributed by atoms with Crippen molar-refractivity contribution in [2.24, 2.45) is 0 Å². The van der Waals surface area contributed by atoms with Crippen LogP contribution in [-0.2, 0) is 32.7 Å². The van der Waals surface area contributed by atoms with Crippen molar-refractivity contribution in [3.63, 3.8) is 0 Å². The summed E-state index contributed by atoms with van der Waals surface area (Å²) in [6, 6.07) is 13.4. The van der Waals surface area contributed by atoms with Gasteiger partial charge in [0.05, 0.1) is 22.4 Å². The summed E-state index contributed by atoms with van der Waals surface area (Å²) in [4.78, 5) is 23.5. The van der Waals surface area contributed by atoms with Crippen LogP contribution in [0.4, 0.5) is 0 Å². The van der Waals surface area contributed by atoms with Gasteiger partial charge < -0.3 is 0 Å². The number of benzene rings is 2. The average molecular weight is 395 g/mol. The van der Waals surface area contributed by atoms with Gasteiger partial charge in [-0.25, -0.2) is 8.42 Å². The third kappa shape index (κ3) is 3.19. The van der Waals surface area contributed by atoms with Crippen LogP contribution in [0.1, 0.15) is 41.0 Å². The Kier molecular flexibility index (Phi) is 4.49. The second-order valence-electron chi connectivity index (χ2n) is 6.94. The molecule has 1 N–H and O–H groups in total. The lowest BCUT2D eigenvalue weighted by Gasteiger charge is -2.21. The maximum absolute atomic E-state index is 13.0. The molecule has 2 amide bonds. The molecule has 0 aliphatic carbocycles. The summed E-state index contributed by atoms with van der Waals surface area (Å²) in [5.74, 6) is -0.979. The van der Waals surface area contributed by atoms with Crippen LogP contribution in [-0.4, -0.2) is 24.5 Å². The summed E-state index contributed by atoms with van der Waals surface area (Å²) in [6.07, 6.45) is 0.746. The van der Waals surface area contributed by atoms with Crippen molar-refractivity contribution in [1.29, 1.82) is 5.26 Å². The van der Waals surface area contributed by atoms with E-state index >= 15 is 0 Å². The van der Waals surface area contributed by atoms with Crippen LogP contribution in [0.5, 0.6) is 0 Å². The zero-order chi connectivity index (χ0) is 19.9. The number of imide groups is 1. The predicted octanol–water partition coefficient (Wildman–Crippen LogP) is 1.78. The third-order valence-corrected chi connectivity index (χ3v) is 6.95. The van der Waals surface area contributed by atoms with Crippen LogP contribution in [0.25, 0.3) is 0 Å². The highest BCUT2D eigenvalue weighted by molar-refractivity contribution is 7.89. The van der Waals surface area contributed by atoms with Crippen molar-refractivity contribution in [3.8, 4) is 6.07 Å². The Balaban J connectivity index is 1.59. The lowest BCUT2D eigenvalue weighted by atomic mass is 9.89. The van der Waals surface area contributed by atoms with Gasteiger partial charge in [0.25, 0.3) is 0 Å². The molecule has 142 valence electrons. The number of carbonyl (C=O) groups is 2. The van der Waals surface area contributed by atoms with E-state index in [4.69, 9.17) is 5.26 Å². The molecule has 4 rings (SSSR count). The number of fused-ring (bicyclic) bond motifs is 1. The zero-order valence-electron chi connectivity index (χ0n) is 14.9. The van der Waals surface area contributed by atoms with Crippen molar-refractivity contribution < 1.29 is 18.0 Å². The van der Waals surface area contributed by atoms with Crippen molar-refractivity contribution in [1.82, 2.24) is 9.62 Å². The van der Waals surface area contributed by atoms with Gasteiger partial charge in [-0.2, -0.15) is 9.57 Å². The van der Waals surface area contributed by atoms with Gasteiger partial charge in [-0.15, -0.1) is 0 Å². The Labute approximate surface area is 162 Å². The normalized spacial score (nSPS) is 19.8. The maximum atomic E-state index is 13.0. The predicted molar refractivity (Wildman–Crippen MR) is 99.2 cm³/mol. The van der Waals surface area contributed by atoms with E-state index in [0.29, 0.717) is 12.8 Å². The number of carbonyl (C=O) groups excluding carboxylic acids is 2. The highest BCUT2D eigenvalue weighted by Crippen LogP contribution is 2.33. The quantitative estimate of drug-likeness (QED) is 0.797. The molecule has 28 heavy (non-hydrogen) atoms. The van der Waals surface area contributed by atoms with E-state index in [1.807, 2.05) is 24.3 Å². The molecule has 0 spiro atoms. The van der Waals surface area contributed by atoms with Gasteiger partial charge in [-0.3, -0.25) is 14.9 Å². The van der Waals surface area contributed by atoms with E-state index in [9.17, 15) is 18.0 Å². The summed E-state index contributed by atoms with van der Waals surface area (Å²) >= 11 is 0. The van der Waals surface area contributed by atoms with Crippen LogP contribution in [0.15, 0.2) is 47.4 Å². The number of rotatable bonds is 3. The lowest BCUT2D eigenvalue weighted by Crippen LogP contribution is -2.39. The number of hydrogen-bond acceptors (Lipinski definition) is 5.